The number of hydrogen-bond acceptors (Lipinski definition) is 4. The van der Waals surface area contributed by atoms with Gasteiger partial charge in [0.15, 0.2) is 5.65 Å². The van der Waals surface area contributed by atoms with E-state index in [4.69, 9.17) is 16.6 Å². The number of halogens is 1. The lowest BCUT2D eigenvalue weighted by Crippen LogP contribution is -2.37. The summed E-state index contributed by atoms with van der Waals surface area (Å²) in [4.78, 5) is 7.51. The molecule has 2 aromatic heterocycles. The fourth-order valence-electron chi connectivity index (χ4n) is 6.27. The highest BCUT2D eigenvalue weighted by Crippen LogP contribution is 2.37. The number of piperidine rings is 1. The van der Waals surface area contributed by atoms with Crippen molar-refractivity contribution in [1.82, 2.24) is 19.5 Å². The lowest BCUT2D eigenvalue weighted by atomic mass is 9.97. The van der Waals surface area contributed by atoms with E-state index in [9.17, 15) is 0 Å². The van der Waals surface area contributed by atoms with Crippen LogP contribution in [-0.4, -0.2) is 47.0 Å². The minimum atomic E-state index is 0.570. The predicted octanol–water partition coefficient (Wildman–Crippen LogP) is 5.20. The average Bonchev–Trinajstić information content (AvgIpc) is 3.52. The van der Waals surface area contributed by atoms with E-state index >= 15 is 0 Å². The molecule has 0 bridgehead atoms. The molecule has 7 heteroatoms. The molecule has 3 heterocycles. The number of fused-ring (bicyclic) bond motifs is 4. The smallest absolute Gasteiger partial charge is 0.151 e. The van der Waals surface area contributed by atoms with E-state index in [-0.39, 0.29) is 0 Å². The number of aromatic nitrogens is 3. The molecule has 1 aliphatic carbocycles. The highest BCUT2D eigenvalue weighted by Gasteiger charge is 2.23. The van der Waals surface area contributed by atoms with E-state index in [2.05, 4.69) is 63.8 Å². The van der Waals surface area contributed by atoms with Gasteiger partial charge >= 0.3 is 0 Å². The van der Waals surface area contributed by atoms with Crippen LogP contribution in [0.4, 0.5) is 5.82 Å². The van der Waals surface area contributed by atoms with Crippen molar-refractivity contribution in [3.8, 4) is 22.4 Å². The molecule has 39 heavy (non-hydrogen) atoms. The first-order chi connectivity index (χ1) is 19.1. The maximum atomic E-state index is 6.52. The van der Waals surface area contributed by atoms with Crippen LogP contribution in [0, 0.1) is 5.92 Å². The molecule has 3 aromatic carbocycles. The van der Waals surface area contributed by atoms with Crippen LogP contribution >= 0.6 is 11.6 Å². The Bertz CT molecular complexity index is 1680. The van der Waals surface area contributed by atoms with Gasteiger partial charge in [-0.25, -0.2) is 4.98 Å². The Balaban J connectivity index is 1.05. The van der Waals surface area contributed by atoms with Crippen LogP contribution < -0.4 is 10.8 Å². The Morgan fingerprint density at radius 3 is 2.67 bits per heavy atom. The van der Waals surface area contributed by atoms with Gasteiger partial charge in [-0.3, -0.25) is 4.90 Å². The van der Waals surface area contributed by atoms with Gasteiger partial charge < -0.3 is 5.32 Å². The first-order valence-corrected chi connectivity index (χ1v) is 14.3. The minimum Gasteiger partial charge on any atom is -0.370 e. The van der Waals surface area contributed by atoms with Gasteiger partial charge in [0, 0.05) is 42.5 Å². The number of nitrogens with one attached hydrogen (secondary N) is 1. The summed E-state index contributed by atoms with van der Waals surface area (Å²) in [6.45, 7) is 4.15. The van der Waals surface area contributed by atoms with E-state index in [0.29, 0.717) is 10.9 Å². The molecule has 7 rings (SSSR count). The van der Waals surface area contributed by atoms with Crippen LogP contribution in [0.2, 0.25) is 5.02 Å². The highest BCUT2D eigenvalue weighted by molar-refractivity contribution is 6.36. The molecular weight excluding hydrogens is 501 g/mol. The fourth-order valence-corrected chi connectivity index (χ4v) is 6.50. The average molecular weight is 532 g/mol. The number of hydrogen-bond donors (Lipinski definition) is 1. The van der Waals surface area contributed by atoms with Gasteiger partial charge in [0.25, 0.3) is 0 Å². The minimum absolute atomic E-state index is 0.570. The zero-order chi connectivity index (χ0) is 26.3. The number of anilines is 1. The van der Waals surface area contributed by atoms with Crippen LogP contribution in [0.25, 0.3) is 28.0 Å². The van der Waals surface area contributed by atoms with E-state index < -0.39 is 0 Å². The van der Waals surface area contributed by atoms with E-state index in [0.717, 1.165) is 60.8 Å². The van der Waals surface area contributed by atoms with Crippen molar-refractivity contribution in [3.05, 3.63) is 101 Å². The third-order valence-corrected chi connectivity index (χ3v) is 8.57. The van der Waals surface area contributed by atoms with Gasteiger partial charge in [-0.1, -0.05) is 72.3 Å². The van der Waals surface area contributed by atoms with Crippen LogP contribution in [0.1, 0.15) is 29.5 Å². The van der Waals surface area contributed by atoms with Gasteiger partial charge in [0.2, 0.25) is 0 Å². The molecule has 1 aliphatic heterocycles. The van der Waals surface area contributed by atoms with E-state index in [1.165, 1.54) is 40.7 Å². The summed E-state index contributed by atoms with van der Waals surface area (Å²) in [7, 11) is 2.05. The summed E-state index contributed by atoms with van der Waals surface area (Å²) in [5.41, 5.74) is 10.9. The Hall–Kier alpha value is -3.61. The second kappa shape index (κ2) is 10.2. The fraction of sp³-hybridized carbons (Fsp3) is 0.250. The molecule has 0 saturated carbocycles. The molecule has 0 radical (unpaired) electrons. The Morgan fingerprint density at radius 2 is 1.77 bits per heavy atom. The quantitative estimate of drug-likeness (QED) is 0.300. The zero-order valence-electron chi connectivity index (χ0n) is 22.2. The van der Waals surface area contributed by atoms with Crippen molar-refractivity contribution in [2.75, 3.05) is 25.0 Å². The molecule has 1 atom stereocenters. The second-order valence-electron chi connectivity index (χ2n) is 11.0. The number of nitrogens with zero attached hydrogens (tertiary/aromatic N) is 4. The van der Waals surface area contributed by atoms with Crippen molar-refractivity contribution in [1.29, 1.82) is 0 Å². The van der Waals surface area contributed by atoms with Crippen molar-refractivity contribution < 1.29 is 0 Å². The molecule has 5 aromatic rings. The van der Waals surface area contributed by atoms with Gasteiger partial charge in [0.1, 0.15) is 13.7 Å². The summed E-state index contributed by atoms with van der Waals surface area (Å²) >= 11 is 6.52. The predicted molar refractivity (Wildman–Crippen MR) is 163 cm³/mol. The normalized spacial score (nSPS) is 16.8. The molecule has 1 fully saturated rings. The first-order valence-electron chi connectivity index (χ1n) is 13.9. The Labute approximate surface area is 235 Å². The van der Waals surface area contributed by atoms with Gasteiger partial charge in [-0.2, -0.15) is 9.61 Å². The van der Waals surface area contributed by atoms with Crippen LogP contribution in [0.3, 0.4) is 0 Å². The van der Waals surface area contributed by atoms with Crippen LogP contribution in [-0.2, 0) is 13.0 Å². The summed E-state index contributed by atoms with van der Waals surface area (Å²) in [6, 6.07) is 25.8. The Morgan fingerprint density at radius 1 is 0.949 bits per heavy atom. The lowest BCUT2D eigenvalue weighted by Gasteiger charge is -2.33. The third-order valence-electron chi connectivity index (χ3n) is 8.24. The summed E-state index contributed by atoms with van der Waals surface area (Å²) in [5.74, 6) is 1.53. The van der Waals surface area contributed by atoms with Gasteiger partial charge in [-0.15, -0.1) is 0 Å². The highest BCUT2D eigenvalue weighted by atomic mass is 35.5. The Kier molecular flexibility index (Phi) is 6.38. The van der Waals surface area contributed by atoms with E-state index in [1.54, 1.807) is 0 Å². The van der Waals surface area contributed by atoms with Crippen LogP contribution in [0.15, 0.2) is 79.0 Å². The molecule has 0 amide bonds. The van der Waals surface area contributed by atoms with E-state index in [1.807, 2.05) is 42.8 Å². The number of likely N-dealkylation sites (tertiary alicyclic amines) is 1. The molecule has 1 unspecified atom stereocenters. The molecule has 2 aliphatic rings. The first kappa shape index (κ1) is 24.4. The zero-order valence-corrected chi connectivity index (χ0v) is 23.0. The second-order valence-corrected chi connectivity index (χ2v) is 11.4. The maximum Gasteiger partial charge on any atom is 0.151 e. The molecule has 194 valence electrons. The standard InChI is InChI=1S/C32H31BClN5/c33-28-18-36-39-31(16-30(37-32(28)39)27-9-3-4-10-29(27)34)35-17-22-6-5-13-38(20-22)19-21-11-12-26-24(14-21)15-23-7-1-2-8-25(23)26/h1-4,7-12,14,16,18,22,35H,5-6,13,15,17,19-20,33H2. The van der Waals surface area contributed by atoms with Crippen molar-refractivity contribution in [3.63, 3.8) is 0 Å². The van der Waals surface area contributed by atoms with Crippen molar-refractivity contribution in [2.24, 2.45) is 5.92 Å². The summed E-state index contributed by atoms with van der Waals surface area (Å²) in [6.07, 6.45) is 5.38. The van der Waals surface area contributed by atoms with Crippen LogP contribution in [0.5, 0.6) is 0 Å². The molecule has 1 N–H and O–H groups in total. The SMILES string of the molecule is Bc1cnn2c(NCC3CCCN(Cc4ccc5c(c4)Cc4ccccc4-5)C3)cc(-c3ccccc3Cl)nc12. The number of rotatable bonds is 6. The number of benzene rings is 3. The largest absolute Gasteiger partial charge is 0.370 e. The van der Waals surface area contributed by atoms with Crippen molar-refractivity contribution in [2.45, 2.75) is 25.8 Å². The topological polar surface area (TPSA) is 45.5 Å². The lowest BCUT2D eigenvalue weighted by molar-refractivity contribution is 0.173. The summed E-state index contributed by atoms with van der Waals surface area (Å²) < 4.78 is 1.92. The van der Waals surface area contributed by atoms with Gasteiger partial charge in [-0.05, 0) is 71.1 Å². The monoisotopic (exact) mass is 531 g/mol. The molecule has 0 spiro atoms. The molecular formula is C32H31BClN5. The molecule has 1 saturated heterocycles. The van der Waals surface area contributed by atoms with Gasteiger partial charge in [0.05, 0.1) is 5.69 Å². The molecule has 5 nitrogen and oxygen atoms in total. The van der Waals surface area contributed by atoms with Crippen molar-refractivity contribution >= 4 is 36.4 Å². The maximum absolute atomic E-state index is 6.52. The third kappa shape index (κ3) is 4.73. The summed E-state index contributed by atoms with van der Waals surface area (Å²) in [5, 5.41) is 9.03.